The lowest BCUT2D eigenvalue weighted by Crippen LogP contribution is -2.38. The van der Waals surface area contributed by atoms with Crippen molar-refractivity contribution in [1.82, 2.24) is 20.5 Å². The van der Waals surface area contributed by atoms with E-state index in [0.717, 1.165) is 16.8 Å². The van der Waals surface area contributed by atoms with Gasteiger partial charge >= 0.3 is 0 Å². The summed E-state index contributed by atoms with van der Waals surface area (Å²) in [6, 6.07) is 1.85. The molecule has 2 aromatic heterocycles. The first-order valence-corrected chi connectivity index (χ1v) is 6.92. The minimum absolute atomic E-state index is 0.0582. The molecule has 1 aliphatic rings. The van der Waals surface area contributed by atoms with Gasteiger partial charge in [0, 0.05) is 24.0 Å². The summed E-state index contributed by atoms with van der Waals surface area (Å²) in [5.41, 5.74) is 8.84. The summed E-state index contributed by atoms with van der Waals surface area (Å²) in [5.74, 6) is 0.464. The first-order chi connectivity index (χ1) is 9.56. The highest BCUT2D eigenvalue weighted by atomic mass is 16.1. The molecule has 1 saturated carbocycles. The third-order valence-electron chi connectivity index (χ3n) is 3.80. The topological polar surface area (TPSA) is 96.7 Å². The molecular formula is C14H19N5O. The number of carbonyl (C=O) groups is 1. The van der Waals surface area contributed by atoms with Gasteiger partial charge in [0.25, 0.3) is 5.91 Å². The summed E-state index contributed by atoms with van der Waals surface area (Å²) in [7, 11) is 0. The van der Waals surface area contributed by atoms with E-state index >= 15 is 0 Å². The van der Waals surface area contributed by atoms with Crippen LogP contribution in [0.4, 0.5) is 0 Å². The van der Waals surface area contributed by atoms with Crippen LogP contribution in [0.1, 0.15) is 34.6 Å². The number of aromatic amines is 1. The highest BCUT2D eigenvalue weighted by Gasteiger charge is 2.28. The molecule has 3 rings (SSSR count). The molecule has 0 spiro atoms. The normalized spacial score (nSPS) is 16.4. The van der Waals surface area contributed by atoms with Gasteiger partial charge in [-0.2, -0.15) is 5.10 Å². The van der Waals surface area contributed by atoms with Crippen molar-refractivity contribution in [2.75, 3.05) is 6.54 Å². The zero-order chi connectivity index (χ0) is 14.3. The van der Waals surface area contributed by atoms with Crippen molar-refractivity contribution < 1.29 is 4.79 Å². The van der Waals surface area contributed by atoms with Gasteiger partial charge in [0.15, 0.2) is 5.65 Å². The van der Waals surface area contributed by atoms with Gasteiger partial charge in [0.2, 0.25) is 0 Å². The van der Waals surface area contributed by atoms with Gasteiger partial charge in [-0.25, -0.2) is 4.98 Å². The monoisotopic (exact) mass is 273 g/mol. The van der Waals surface area contributed by atoms with Gasteiger partial charge in [0.05, 0.1) is 10.9 Å². The molecule has 0 bridgehead atoms. The largest absolute Gasteiger partial charge is 0.350 e. The number of aromatic nitrogens is 3. The Morgan fingerprint density at radius 1 is 1.55 bits per heavy atom. The van der Waals surface area contributed by atoms with Crippen molar-refractivity contribution in [3.05, 3.63) is 23.0 Å². The number of pyridine rings is 1. The predicted molar refractivity (Wildman–Crippen MR) is 76.4 cm³/mol. The molecule has 1 aliphatic carbocycles. The van der Waals surface area contributed by atoms with Gasteiger partial charge < -0.3 is 11.1 Å². The molecule has 1 fully saturated rings. The second-order valence-corrected chi connectivity index (χ2v) is 5.57. The third kappa shape index (κ3) is 2.38. The van der Waals surface area contributed by atoms with E-state index in [1.54, 1.807) is 6.07 Å². The molecular weight excluding hydrogens is 254 g/mol. The van der Waals surface area contributed by atoms with Gasteiger partial charge in [0.1, 0.15) is 0 Å². The number of fused-ring (bicyclic) bond motifs is 1. The lowest BCUT2D eigenvalue weighted by atomic mass is 10.1. The Morgan fingerprint density at radius 2 is 2.30 bits per heavy atom. The molecule has 2 aromatic rings. The number of nitrogens with two attached hydrogens (primary N) is 1. The number of hydrogen-bond acceptors (Lipinski definition) is 4. The molecule has 2 heterocycles. The Morgan fingerprint density at radius 3 is 3.00 bits per heavy atom. The number of nitrogens with one attached hydrogen (secondary N) is 2. The fourth-order valence-corrected chi connectivity index (χ4v) is 2.48. The average molecular weight is 273 g/mol. The van der Waals surface area contributed by atoms with Crippen molar-refractivity contribution >= 4 is 16.9 Å². The van der Waals surface area contributed by atoms with Crippen LogP contribution < -0.4 is 11.1 Å². The number of hydrogen-bond donors (Lipinski definition) is 3. The summed E-state index contributed by atoms with van der Waals surface area (Å²) in [6.45, 7) is 4.26. The van der Waals surface area contributed by atoms with Crippen LogP contribution in [0.3, 0.4) is 0 Å². The van der Waals surface area contributed by atoms with Gasteiger partial charge in [-0.3, -0.25) is 9.89 Å². The summed E-state index contributed by atoms with van der Waals surface area (Å²) in [6.07, 6.45) is 2.35. The second-order valence-electron chi connectivity index (χ2n) is 5.57. The molecule has 4 N–H and O–H groups in total. The predicted octanol–water partition coefficient (Wildman–Crippen LogP) is 1.04. The molecule has 0 aromatic carbocycles. The Bertz CT molecular complexity index is 659. The molecule has 106 valence electrons. The van der Waals surface area contributed by atoms with Crippen LogP contribution in [-0.2, 0) is 0 Å². The van der Waals surface area contributed by atoms with Gasteiger partial charge in [-0.1, -0.05) is 0 Å². The molecule has 0 aliphatic heterocycles. The molecule has 1 unspecified atom stereocenters. The van der Waals surface area contributed by atoms with Gasteiger partial charge in [-0.05, 0) is 38.7 Å². The first kappa shape index (κ1) is 13.1. The van der Waals surface area contributed by atoms with E-state index in [1.165, 1.54) is 12.8 Å². The van der Waals surface area contributed by atoms with E-state index in [0.29, 0.717) is 23.7 Å². The highest BCUT2D eigenvalue weighted by Crippen LogP contribution is 2.31. The van der Waals surface area contributed by atoms with Crippen LogP contribution in [0.15, 0.2) is 6.07 Å². The van der Waals surface area contributed by atoms with E-state index in [-0.39, 0.29) is 11.9 Å². The first-order valence-electron chi connectivity index (χ1n) is 6.92. The van der Waals surface area contributed by atoms with Crippen molar-refractivity contribution in [3.8, 4) is 0 Å². The minimum atomic E-state index is -0.110. The molecule has 0 radical (unpaired) electrons. The van der Waals surface area contributed by atoms with E-state index in [2.05, 4.69) is 20.5 Å². The molecule has 1 amide bonds. The van der Waals surface area contributed by atoms with Crippen molar-refractivity contribution in [1.29, 1.82) is 0 Å². The zero-order valence-electron chi connectivity index (χ0n) is 11.7. The summed E-state index contributed by atoms with van der Waals surface area (Å²) in [5, 5.41) is 10.7. The van der Waals surface area contributed by atoms with E-state index in [1.807, 2.05) is 13.8 Å². The lowest BCUT2D eigenvalue weighted by Gasteiger charge is -2.12. The Hall–Kier alpha value is -1.95. The zero-order valence-corrected chi connectivity index (χ0v) is 11.7. The number of carbonyl (C=O) groups excluding carboxylic acids is 1. The SMILES string of the molecule is Cc1cc(C(=O)NCC(N)C2CC2)c2c(C)[nH]nc2n1. The van der Waals surface area contributed by atoms with Crippen LogP contribution >= 0.6 is 0 Å². The molecule has 20 heavy (non-hydrogen) atoms. The number of nitrogens with zero attached hydrogens (tertiary/aromatic N) is 2. The van der Waals surface area contributed by atoms with E-state index in [9.17, 15) is 4.79 Å². The average Bonchev–Trinajstić information content (AvgIpc) is 3.20. The second kappa shape index (κ2) is 4.86. The fraction of sp³-hybridized carbons (Fsp3) is 0.500. The van der Waals surface area contributed by atoms with E-state index in [4.69, 9.17) is 5.73 Å². The van der Waals surface area contributed by atoms with Crippen molar-refractivity contribution in [2.45, 2.75) is 32.7 Å². The van der Waals surface area contributed by atoms with E-state index < -0.39 is 0 Å². The molecule has 0 saturated heterocycles. The maximum atomic E-state index is 12.4. The lowest BCUT2D eigenvalue weighted by molar-refractivity contribution is 0.0951. The van der Waals surface area contributed by atoms with Crippen LogP contribution in [-0.4, -0.2) is 33.7 Å². The highest BCUT2D eigenvalue weighted by molar-refractivity contribution is 6.06. The number of rotatable bonds is 4. The van der Waals surface area contributed by atoms with Crippen LogP contribution in [0.2, 0.25) is 0 Å². The van der Waals surface area contributed by atoms with Crippen molar-refractivity contribution in [2.24, 2.45) is 11.7 Å². The Labute approximate surface area is 117 Å². The number of H-pyrrole nitrogens is 1. The standard InChI is InChI=1S/C14H19N5O/c1-7-5-10(12-8(2)18-19-13(12)17-7)14(20)16-6-11(15)9-3-4-9/h5,9,11H,3-4,6,15H2,1-2H3,(H,16,20)(H,17,18,19). The fourth-order valence-electron chi connectivity index (χ4n) is 2.48. The summed E-state index contributed by atoms with van der Waals surface area (Å²) < 4.78 is 0. The smallest absolute Gasteiger partial charge is 0.252 e. The molecule has 6 heteroatoms. The number of amides is 1. The van der Waals surface area contributed by atoms with Crippen molar-refractivity contribution in [3.63, 3.8) is 0 Å². The maximum absolute atomic E-state index is 12.4. The summed E-state index contributed by atoms with van der Waals surface area (Å²) >= 11 is 0. The van der Waals surface area contributed by atoms with Gasteiger partial charge in [-0.15, -0.1) is 0 Å². The quantitative estimate of drug-likeness (QED) is 0.775. The maximum Gasteiger partial charge on any atom is 0.252 e. The third-order valence-corrected chi connectivity index (χ3v) is 3.80. The molecule has 1 atom stereocenters. The van der Waals surface area contributed by atoms with Crippen LogP contribution in [0.5, 0.6) is 0 Å². The Kier molecular flexibility index (Phi) is 3.17. The number of aryl methyl sites for hydroxylation is 2. The Balaban J connectivity index is 1.84. The summed E-state index contributed by atoms with van der Waals surface area (Å²) in [4.78, 5) is 16.7. The van der Waals surface area contributed by atoms with Crippen LogP contribution in [0.25, 0.3) is 11.0 Å². The molecule has 6 nitrogen and oxygen atoms in total. The van der Waals surface area contributed by atoms with Crippen LogP contribution in [0, 0.1) is 19.8 Å². The minimum Gasteiger partial charge on any atom is -0.350 e.